The molecule has 3 nitrogen and oxygen atoms in total. The predicted molar refractivity (Wildman–Crippen MR) is 66.4 cm³/mol. The zero-order valence-electron chi connectivity index (χ0n) is 10.1. The zero-order valence-corrected chi connectivity index (χ0v) is 10.1. The van der Waals surface area contributed by atoms with Crippen molar-refractivity contribution in [2.24, 2.45) is 0 Å². The van der Waals surface area contributed by atoms with Crippen LogP contribution in [-0.2, 0) is 0 Å². The van der Waals surface area contributed by atoms with Crippen molar-refractivity contribution >= 4 is 5.95 Å². The van der Waals surface area contributed by atoms with E-state index in [9.17, 15) is 4.39 Å². The molecule has 1 aromatic carbocycles. The van der Waals surface area contributed by atoms with Gasteiger partial charge in [-0.25, -0.2) is 14.4 Å². The van der Waals surface area contributed by atoms with Gasteiger partial charge >= 0.3 is 0 Å². The first-order chi connectivity index (χ1) is 8.11. The number of anilines is 1. The number of halogens is 1. The molecule has 0 atom stereocenters. The third kappa shape index (κ3) is 2.25. The quantitative estimate of drug-likeness (QED) is 0.863. The third-order valence-electron chi connectivity index (χ3n) is 2.62. The van der Waals surface area contributed by atoms with Crippen LogP contribution in [0.3, 0.4) is 0 Å². The van der Waals surface area contributed by atoms with Gasteiger partial charge in [0, 0.05) is 12.6 Å². The highest BCUT2D eigenvalue weighted by molar-refractivity contribution is 5.65. The fourth-order valence-electron chi connectivity index (χ4n) is 1.67. The summed E-state index contributed by atoms with van der Waals surface area (Å²) < 4.78 is 13.8. The molecule has 0 aliphatic heterocycles. The highest BCUT2D eigenvalue weighted by Crippen LogP contribution is 2.25. The molecule has 2 rings (SSSR count). The van der Waals surface area contributed by atoms with Crippen molar-refractivity contribution in [3.63, 3.8) is 0 Å². The number of aryl methyl sites for hydroxylation is 2. The van der Waals surface area contributed by atoms with Gasteiger partial charge in [-0.3, -0.25) is 0 Å². The largest absolute Gasteiger partial charge is 0.357 e. The predicted octanol–water partition coefficient (Wildman–Crippen LogP) is 2.94. The summed E-state index contributed by atoms with van der Waals surface area (Å²) in [7, 11) is 1.71. The van der Waals surface area contributed by atoms with Crippen LogP contribution in [0.25, 0.3) is 11.3 Å². The average Bonchev–Trinajstić information content (AvgIpc) is 2.33. The van der Waals surface area contributed by atoms with Crippen LogP contribution >= 0.6 is 0 Å². The average molecular weight is 231 g/mol. The molecule has 0 unspecified atom stereocenters. The van der Waals surface area contributed by atoms with Gasteiger partial charge in [-0.1, -0.05) is 17.7 Å². The number of nitrogens with zero attached hydrogens (tertiary/aromatic N) is 2. The first-order valence-electron chi connectivity index (χ1n) is 5.39. The number of aromatic nitrogens is 2. The van der Waals surface area contributed by atoms with Crippen LogP contribution in [0, 0.1) is 19.7 Å². The van der Waals surface area contributed by atoms with E-state index in [2.05, 4.69) is 15.3 Å². The van der Waals surface area contributed by atoms with E-state index in [1.54, 1.807) is 7.05 Å². The minimum absolute atomic E-state index is 0.338. The Kier molecular flexibility index (Phi) is 3.04. The van der Waals surface area contributed by atoms with Crippen molar-refractivity contribution < 1.29 is 4.39 Å². The van der Waals surface area contributed by atoms with E-state index in [0.29, 0.717) is 11.6 Å². The molecule has 0 saturated heterocycles. The zero-order chi connectivity index (χ0) is 12.4. The molecule has 4 heteroatoms. The first kappa shape index (κ1) is 11.5. The van der Waals surface area contributed by atoms with E-state index in [4.69, 9.17) is 0 Å². The number of rotatable bonds is 2. The van der Waals surface area contributed by atoms with Crippen molar-refractivity contribution in [1.29, 1.82) is 0 Å². The van der Waals surface area contributed by atoms with E-state index in [0.717, 1.165) is 16.7 Å². The van der Waals surface area contributed by atoms with Crippen LogP contribution in [0.2, 0.25) is 0 Å². The maximum Gasteiger partial charge on any atom is 0.223 e. The van der Waals surface area contributed by atoms with Gasteiger partial charge in [-0.2, -0.15) is 0 Å². The molecule has 88 valence electrons. The minimum Gasteiger partial charge on any atom is -0.357 e. The Labute approximate surface area is 99.7 Å². The number of benzene rings is 1. The molecule has 0 fully saturated rings. The van der Waals surface area contributed by atoms with Gasteiger partial charge in [0.25, 0.3) is 0 Å². The molecule has 0 aliphatic carbocycles. The summed E-state index contributed by atoms with van der Waals surface area (Å²) in [4.78, 5) is 8.00. The van der Waals surface area contributed by atoms with E-state index < -0.39 is 5.82 Å². The van der Waals surface area contributed by atoms with Crippen LogP contribution in [0.5, 0.6) is 0 Å². The molecule has 17 heavy (non-hydrogen) atoms. The molecule has 1 aromatic heterocycles. The first-order valence-corrected chi connectivity index (χ1v) is 5.39. The lowest BCUT2D eigenvalue weighted by Crippen LogP contribution is -2.00. The van der Waals surface area contributed by atoms with Crippen molar-refractivity contribution in [2.75, 3.05) is 12.4 Å². The number of hydrogen-bond acceptors (Lipinski definition) is 3. The Balaban J connectivity index is 2.62. The lowest BCUT2D eigenvalue weighted by molar-refractivity contribution is 0.618. The second kappa shape index (κ2) is 4.49. The Bertz CT molecular complexity index is 552. The van der Waals surface area contributed by atoms with Crippen LogP contribution in [0.15, 0.2) is 24.4 Å². The van der Waals surface area contributed by atoms with Crippen LogP contribution in [0.4, 0.5) is 10.3 Å². The molecule has 0 radical (unpaired) electrons. The smallest absolute Gasteiger partial charge is 0.223 e. The Hall–Kier alpha value is -1.97. The van der Waals surface area contributed by atoms with Crippen molar-refractivity contribution in [2.45, 2.75) is 13.8 Å². The second-order valence-electron chi connectivity index (χ2n) is 3.96. The molecule has 2 aromatic rings. The summed E-state index contributed by atoms with van der Waals surface area (Å²) in [6.07, 6.45) is 1.19. The monoisotopic (exact) mass is 231 g/mol. The molecule has 1 heterocycles. The summed E-state index contributed by atoms with van der Waals surface area (Å²) in [6, 6.07) is 5.89. The summed E-state index contributed by atoms with van der Waals surface area (Å²) >= 11 is 0. The summed E-state index contributed by atoms with van der Waals surface area (Å²) in [5.74, 6) is 0.0139. The normalized spacial score (nSPS) is 10.4. The van der Waals surface area contributed by atoms with Crippen LogP contribution in [-0.4, -0.2) is 17.0 Å². The molecular weight excluding hydrogens is 217 g/mol. The Morgan fingerprint density at radius 1 is 1.24 bits per heavy atom. The van der Waals surface area contributed by atoms with E-state index >= 15 is 0 Å². The molecule has 0 saturated carbocycles. The topological polar surface area (TPSA) is 37.8 Å². The second-order valence-corrected chi connectivity index (χ2v) is 3.96. The minimum atomic E-state index is -0.405. The van der Waals surface area contributed by atoms with Gasteiger partial charge in [0.05, 0.1) is 6.20 Å². The van der Waals surface area contributed by atoms with Gasteiger partial charge in [0.1, 0.15) is 5.69 Å². The molecule has 0 aliphatic rings. The van der Waals surface area contributed by atoms with Gasteiger partial charge in [0.15, 0.2) is 5.82 Å². The fraction of sp³-hybridized carbons (Fsp3) is 0.231. The summed E-state index contributed by atoms with van der Waals surface area (Å²) in [5, 5.41) is 2.81. The van der Waals surface area contributed by atoms with Crippen molar-refractivity contribution in [3.8, 4) is 11.3 Å². The van der Waals surface area contributed by atoms with Gasteiger partial charge in [0.2, 0.25) is 5.95 Å². The molecule has 0 amide bonds. The van der Waals surface area contributed by atoms with Crippen molar-refractivity contribution in [1.82, 2.24) is 9.97 Å². The number of hydrogen-bond donors (Lipinski definition) is 1. The highest BCUT2D eigenvalue weighted by Gasteiger charge is 2.11. The van der Waals surface area contributed by atoms with E-state index in [1.807, 2.05) is 32.0 Å². The van der Waals surface area contributed by atoms with Crippen molar-refractivity contribution in [3.05, 3.63) is 41.3 Å². The summed E-state index contributed by atoms with van der Waals surface area (Å²) in [6.45, 7) is 3.91. The lowest BCUT2D eigenvalue weighted by atomic mass is 10.0. The standard InChI is InChI=1S/C13H14FN3/c1-8-4-5-9(2)10(6-8)12-11(14)7-16-13(15-3)17-12/h4-7H,1-3H3,(H,15,16,17). The maximum atomic E-state index is 13.8. The molecule has 1 N–H and O–H groups in total. The van der Waals surface area contributed by atoms with Crippen LogP contribution < -0.4 is 5.32 Å². The fourth-order valence-corrected chi connectivity index (χ4v) is 1.67. The highest BCUT2D eigenvalue weighted by atomic mass is 19.1. The third-order valence-corrected chi connectivity index (χ3v) is 2.62. The van der Waals surface area contributed by atoms with E-state index in [1.165, 1.54) is 6.20 Å². The SMILES string of the molecule is CNc1ncc(F)c(-c2cc(C)ccc2C)n1. The molecular formula is C13H14FN3. The molecule has 0 bridgehead atoms. The van der Waals surface area contributed by atoms with Crippen LogP contribution in [0.1, 0.15) is 11.1 Å². The molecule has 0 spiro atoms. The van der Waals surface area contributed by atoms with Gasteiger partial charge < -0.3 is 5.32 Å². The Morgan fingerprint density at radius 3 is 2.71 bits per heavy atom. The Morgan fingerprint density at radius 2 is 2.00 bits per heavy atom. The maximum absolute atomic E-state index is 13.8. The van der Waals surface area contributed by atoms with Gasteiger partial charge in [-0.05, 0) is 25.5 Å². The number of nitrogens with one attached hydrogen (secondary N) is 1. The van der Waals surface area contributed by atoms with E-state index in [-0.39, 0.29) is 0 Å². The lowest BCUT2D eigenvalue weighted by Gasteiger charge is -2.08. The van der Waals surface area contributed by atoms with Gasteiger partial charge in [-0.15, -0.1) is 0 Å². The summed E-state index contributed by atoms with van der Waals surface area (Å²) in [5.41, 5.74) is 3.22.